The van der Waals surface area contributed by atoms with Crippen LogP contribution in [0.3, 0.4) is 0 Å². The predicted octanol–water partition coefficient (Wildman–Crippen LogP) is 1.96. The predicted molar refractivity (Wildman–Crippen MR) is 184 cm³/mol. The Kier molecular flexibility index (Phi) is 11.4. The zero-order valence-electron chi connectivity index (χ0n) is 31.3. The molecule has 0 amide bonds. The minimum atomic E-state index is -1.50. The van der Waals surface area contributed by atoms with Gasteiger partial charge >= 0.3 is 0 Å². The number of ether oxygens (including phenoxy) is 6. The Hall–Kier alpha value is -1.07. The summed E-state index contributed by atoms with van der Waals surface area (Å²) >= 11 is 0. The van der Waals surface area contributed by atoms with Gasteiger partial charge in [0.2, 0.25) is 0 Å². The highest BCUT2D eigenvalue weighted by Gasteiger charge is 2.60. The molecule has 0 radical (unpaired) electrons. The van der Waals surface area contributed by atoms with E-state index in [2.05, 4.69) is 20.8 Å². The van der Waals surface area contributed by atoms with E-state index in [1.165, 1.54) is 12.7 Å². The number of aliphatic hydroxyl groups is 6. The van der Waals surface area contributed by atoms with E-state index in [9.17, 15) is 35.4 Å². The number of carbonyl (C=O) groups is 1. The molecule has 52 heavy (non-hydrogen) atoms. The Balaban J connectivity index is 0.993. The number of aliphatic hydroxyl groups excluding tert-OH is 6. The van der Waals surface area contributed by atoms with Crippen molar-refractivity contribution >= 4 is 5.78 Å². The minimum absolute atomic E-state index is 0.00399. The van der Waals surface area contributed by atoms with Crippen LogP contribution in [0.1, 0.15) is 91.9 Å². The summed E-state index contributed by atoms with van der Waals surface area (Å²) in [6.07, 6.45) is -1.10. The summed E-state index contributed by atoms with van der Waals surface area (Å²) in [5.74, 6) is 1.10. The van der Waals surface area contributed by atoms with Gasteiger partial charge in [0.05, 0.1) is 24.9 Å². The molecule has 6 fully saturated rings. The van der Waals surface area contributed by atoms with Crippen molar-refractivity contribution in [3.8, 4) is 0 Å². The summed E-state index contributed by atoms with van der Waals surface area (Å²) in [4.78, 5) is 14.0. The van der Waals surface area contributed by atoms with Crippen molar-refractivity contribution in [3.05, 3.63) is 11.6 Å². The van der Waals surface area contributed by atoms with E-state index in [-0.39, 0.29) is 40.7 Å². The fourth-order valence-corrected chi connectivity index (χ4v) is 11.5. The Morgan fingerprint density at radius 3 is 2.19 bits per heavy atom. The van der Waals surface area contributed by atoms with Crippen molar-refractivity contribution in [2.24, 2.45) is 40.4 Å². The number of carbonyl (C=O) groups excluding carboxylic acids is 1. The third-order valence-corrected chi connectivity index (χ3v) is 14.8. The number of hydrogen-bond acceptors (Lipinski definition) is 13. The maximum atomic E-state index is 14.0. The lowest BCUT2D eigenvalue weighted by molar-refractivity contribution is -0.352. The van der Waals surface area contributed by atoms with E-state index in [1.54, 1.807) is 6.92 Å². The molecule has 13 nitrogen and oxygen atoms in total. The van der Waals surface area contributed by atoms with Crippen LogP contribution in [0.15, 0.2) is 11.6 Å². The maximum Gasteiger partial charge on any atom is 0.189 e. The molecule has 3 heterocycles. The SMILES string of the molecule is COC1C(O)C(C)OC(OC2OC(CC3CCC4C5=CC(=O)C6C[C@@H](OC7OC(CO)C(O)C(O)C7O)CC[C@]6(C)C5CC[C@]34C)CC[C@H]2C)C1O. The van der Waals surface area contributed by atoms with Gasteiger partial charge in [0, 0.05) is 18.9 Å². The van der Waals surface area contributed by atoms with Gasteiger partial charge in [-0.15, -0.1) is 0 Å². The highest BCUT2D eigenvalue weighted by Crippen LogP contribution is 2.66. The molecule has 0 spiro atoms. The van der Waals surface area contributed by atoms with Gasteiger partial charge in [0.1, 0.15) is 42.7 Å². The fourth-order valence-electron chi connectivity index (χ4n) is 11.5. The summed E-state index contributed by atoms with van der Waals surface area (Å²) in [6, 6.07) is 0. The van der Waals surface area contributed by atoms with E-state index in [4.69, 9.17) is 28.4 Å². The van der Waals surface area contributed by atoms with Crippen molar-refractivity contribution < 1.29 is 63.9 Å². The topological polar surface area (TPSA) is 194 Å². The van der Waals surface area contributed by atoms with Crippen LogP contribution in [0.25, 0.3) is 0 Å². The molecule has 7 rings (SSSR count). The van der Waals surface area contributed by atoms with Crippen molar-refractivity contribution in [1.82, 2.24) is 0 Å². The maximum absolute atomic E-state index is 14.0. The molecule has 3 aliphatic heterocycles. The van der Waals surface area contributed by atoms with Gasteiger partial charge in [0.25, 0.3) is 0 Å². The minimum Gasteiger partial charge on any atom is -0.394 e. The molecule has 20 atom stereocenters. The van der Waals surface area contributed by atoms with E-state index in [0.29, 0.717) is 30.6 Å². The van der Waals surface area contributed by atoms with Crippen molar-refractivity contribution in [3.63, 3.8) is 0 Å². The first-order valence-corrected chi connectivity index (χ1v) is 19.8. The zero-order chi connectivity index (χ0) is 37.3. The summed E-state index contributed by atoms with van der Waals surface area (Å²) in [6.45, 7) is 8.00. The highest BCUT2D eigenvalue weighted by atomic mass is 16.8. The molecule has 0 aromatic carbocycles. The third kappa shape index (κ3) is 6.76. The van der Waals surface area contributed by atoms with E-state index < -0.39 is 74.3 Å². The Morgan fingerprint density at radius 1 is 0.750 bits per heavy atom. The number of allylic oxidation sites excluding steroid dienone is 2. The molecule has 4 aliphatic carbocycles. The van der Waals surface area contributed by atoms with Gasteiger partial charge in [-0.2, -0.15) is 0 Å². The second kappa shape index (κ2) is 15.1. The molecule has 296 valence electrons. The van der Waals surface area contributed by atoms with Crippen LogP contribution in [0, 0.1) is 40.4 Å². The van der Waals surface area contributed by atoms with Crippen LogP contribution in [0.5, 0.6) is 0 Å². The average Bonchev–Trinajstić information content (AvgIpc) is 3.45. The quantitative estimate of drug-likeness (QED) is 0.212. The molecule has 7 aliphatic rings. The molecule has 16 unspecified atom stereocenters. The molecule has 0 bridgehead atoms. The summed E-state index contributed by atoms with van der Waals surface area (Å²) in [5.41, 5.74) is 1.17. The lowest BCUT2D eigenvalue weighted by Crippen LogP contribution is -2.60. The van der Waals surface area contributed by atoms with Crippen molar-refractivity contribution in [2.75, 3.05) is 13.7 Å². The van der Waals surface area contributed by atoms with E-state index in [0.717, 1.165) is 51.4 Å². The van der Waals surface area contributed by atoms with Crippen LogP contribution in [-0.4, -0.2) is 130 Å². The van der Waals surface area contributed by atoms with Crippen LogP contribution in [-0.2, 0) is 33.2 Å². The molecule has 0 aromatic heterocycles. The number of fused-ring (bicyclic) bond motifs is 5. The highest BCUT2D eigenvalue weighted by molar-refractivity contribution is 5.94. The normalized spacial score (nSPS) is 53.8. The number of ketones is 1. The molecule has 0 aromatic rings. The number of hydrogen-bond donors (Lipinski definition) is 6. The lowest BCUT2D eigenvalue weighted by atomic mass is 9.47. The van der Waals surface area contributed by atoms with Crippen molar-refractivity contribution in [1.29, 1.82) is 0 Å². The van der Waals surface area contributed by atoms with Gasteiger partial charge in [-0.3, -0.25) is 4.79 Å². The molecule has 6 N–H and O–H groups in total. The molecular weight excluding hydrogens is 676 g/mol. The fraction of sp³-hybridized carbons (Fsp3) is 0.923. The molecule has 3 saturated carbocycles. The van der Waals surface area contributed by atoms with Gasteiger partial charge in [-0.1, -0.05) is 26.3 Å². The third-order valence-electron chi connectivity index (χ3n) is 14.8. The van der Waals surface area contributed by atoms with Crippen molar-refractivity contribution in [2.45, 2.75) is 172 Å². The largest absolute Gasteiger partial charge is 0.394 e. The second-order valence-corrected chi connectivity index (χ2v) is 17.7. The van der Waals surface area contributed by atoms with Crippen LogP contribution >= 0.6 is 0 Å². The average molecular weight is 739 g/mol. The van der Waals surface area contributed by atoms with Gasteiger partial charge < -0.3 is 59.1 Å². The Bertz CT molecular complexity index is 1310. The monoisotopic (exact) mass is 738 g/mol. The van der Waals surface area contributed by atoms with Crippen LogP contribution < -0.4 is 0 Å². The van der Waals surface area contributed by atoms with E-state index >= 15 is 0 Å². The smallest absolute Gasteiger partial charge is 0.189 e. The summed E-state index contributed by atoms with van der Waals surface area (Å²) in [7, 11) is 1.46. The Labute approximate surface area is 306 Å². The van der Waals surface area contributed by atoms with Crippen LogP contribution in [0.4, 0.5) is 0 Å². The first-order chi connectivity index (χ1) is 24.7. The van der Waals surface area contributed by atoms with E-state index in [1.807, 2.05) is 6.08 Å². The first-order valence-electron chi connectivity index (χ1n) is 19.8. The summed E-state index contributed by atoms with van der Waals surface area (Å²) in [5, 5.41) is 61.8. The lowest BCUT2D eigenvalue weighted by Gasteiger charge is -2.57. The van der Waals surface area contributed by atoms with Gasteiger partial charge in [-0.05, 0) is 106 Å². The van der Waals surface area contributed by atoms with Crippen LogP contribution in [0.2, 0.25) is 0 Å². The standard InChI is InChI=1S/C39H62O13/c1-18-6-8-21(49-35(18)52-37-33(46)34(47-5)29(42)19(2)48-37)14-20-7-9-24-23-16-27(41)26-15-22(10-12-39(26,4)25(23)11-13-38(20,24)3)50-36-32(45)31(44)30(43)28(17-40)51-36/h16,18-22,24-26,28-37,40,42-46H,6-15,17H2,1-5H3/t18-,19?,20?,21?,22+,24?,25?,26?,28?,29?,30?,31?,32?,33?,34?,35?,36?,37?,38-,39-/m1/s1. The molecular formula is C39H62O13. The first kappa shape index (κ1) is 39.2. The zero-order valence-corrected chi connectivity index (χ0v) is 31.3. The second-order valence-electron chi connectivity index (χ2n) is 17.7. The summed E-state index contributed by atoms with van der Waals surface area (Å²) < 4.78 is 35.9. The van der Waals surface area contributed by atoms with Gasteiger partial charge in [-0.25, -0.2) is 0 Å². The Morgan fingerprint density at radius 2 is 1.46 bits per heavy atom. The molecule has 13 heteroatoms. The van der Waals surface area contributed by atoms with Gasteiger partial charge in [0.15, 0.2) is 24.7 Å². The number of rotatable bonds is 8. The number of methoxy groups -OCH3 is 1. The molecule has 3 saturated heterocycles.